The number of amides is 1. The van der Waals surface area contributed by atoms with E-state index in [0.29, 0.717) is 6.54 Å². The molecule has 1 aliphatic heterocycles. The maximum absolute atomic E-state index is 11.7. The standard InChI is InChI=1S/C14H15ClNOS/c1-18-10-14(17)16-8-6-11(7-9-16)12-4-2-3-5-13(12)15/h2-6,10H,7-9H2,1H3. The van der Waals surface area contributed by atoms with E-state index in [9.17, 15) is 4.79 Å². The Hall–Kier alpha value is -0.930. The average Bonchev–Trinajstić information content (AvgIpc) is 2.40. The Balaban J connectivity index is 2.07. The van der Waals surface area contributed by atoms with Crippen molar-refractivity contribution < 1.29 is 4.79 Å². The molecule has 1 aromatic carbocycles. The van der Waals surface area contributed by atoms with Gasteiger partial charge in [0.25, 0.3) is 0 Å². The summed E-state index contributed by atoms with van der Waals surface area (Å²) in [5, 5.41) is 0.777. The molecule has 4 heteroatoms. The van der Waals surface area contributed by atoms with Crippen LogP contribution in [0.25, 0.3) is 5.57 Å². The van der Waals surface area contributed by atoms with E-state index in [0.717, 1.165) is 23.6 Å². The van der Waals surface area contributed by atoms with Gasteiger partial charge in [-0.2, -0.15) is 11.8 Å². The molecule has 0 unspecified atom stereocenters. The summed E-state index contributed by atoms with van der Waals surface area (Å²) in [4.78, 5) is 13.5. The van der Waals surface area contributed by atoms with Gasteiger partial charge in [0.2, 0.25) is 5.91 Å². The summed E-state index contributed by atoms with van der Waals surface area (Å²) in [5.41, 5.74) is 2.31. The SMILES string of the molecule is CS[CH]C(=O)N1CC=C(c2ccccc2Cl)CC1. The summed E-state index contributed by atoms with van der Waals surface area (Å²) in [6.45, 7) is 1.42. The van der Waals surface area contributed by atoms with Gasteiger partial charge in [0.1, 0.15) is 5.75 Å². The lowest BCUT2D eigenvalue weighted by Gasteiger charge is -2.26. The first kappa shape index (κ1) is 13.5. The van der Waals surface area contributed by atoms with Crippen molar-refractivity contribution in [2.24, 2.45) is 0 Å². The molecule has 1 amide bonds. The molecule has 0 spiro atoms. The Bertz CT molecular complexity index is 473. The zero-order valence-corrected chi connectivity index (χ0v) is 11.8. The van der Waals surface area contributed by atoms with Crippen LogP contribution in [0.5, 0.6) is 0 Å². The van der Waals surface area contributed by atoms with Gasteiger partial charge in [-0.25, -0.2) is 0 Å². The molecule has 0 saturated carbocycles. The lowest BCUT2D eigenvalue weighted by atomic mass is 9.99. The van der Waals surface area contributed by atoms with Crippen molar-refractivity contribution in [3.8, 4) is 0 Å². The molecule has 2 rings (SSSR count). The number of rotatable bonds is 3. The Kier molecular flexibility index (Phi) is 4.72. The number of nitrogens with zero attached hydrogens (tertiary/aromatic N) is 1. The Morgan fingerprint density at radius 1 is 1.44 bits per heavy atom. The van der Waals surface area contributed by atoms with Crippen LogP contribution in [0.2, 0.25) is 5.02 Å². The first-order valence-electron chi connectivity index (χ1n) is 5.81. The summed E-state index contributed by atoms with van der Waals surface area (Å²) in [6, 6.07) is 7.84. The van der Waals surface area contributed by atoms with E-state index >= 15 is 0 Å². The molecule has 0 aliphatic carbocycles. The Labute approximate surface area is 117 Å². The summed E-state index contributed by atoms with van der Waals surface area (Å²) in [5.74, 6) is 1.74. The van der Waals surface area contributed by atoms with Crippen molar-refractivity contribution in [3.63, 3.8) is 0 Å². The van der Waals surface area contributed by atoms with Crippen LogP contribution in [0.3, 0.4) is 0 Å². The lowest BCUT2D eigenvalue weighted by molar-refractivity contribution is -0.126. The predicted octanol–water partition coefficient (Wildman–Crippen LogP) is 3.48. The fraction of sp³-hybridized carbons (Fsp3) is 0.286. The third kappa shape index (κ3) is 3.09. The molecule has 1 radical (unpaired) electrons. The number of halogens is 1. The highest BCUT2D eigenvalue weighted by Crippen LogP contribution is 2.28. The summed E-state index contributed by atoms with van der Waals surface area (Å²) in [6.07, 6.45) is 4.85. The van der Waals surface area contributed by atoms with Crippen molar-refractivity contribution >= 4 is 34.8 Å². The molecule has 0 fully saturated rings. The molecule has 0 N–H and O–H groups in total. The molecule has 1 aromatic rings. The van der Waals surface area contributed by atoms with Crippen LogP contribution in [0.15, 0.2) is 30.3 Å². The normalized spacial score (nSPS) is 15.4. The van der Waals surface area contributed by atoms with E-state index in [2.05, 4.69) is 6.08 Å². The molecule has 1 heterocycles. The molecular weight excluding hydrogens is 266 g/mol. The molecule has 0 atom stereocenters. The molecule has 2 nitrogen and oxygen atoms in total. The van der Waals surface area contributed by atoms with Crippen molar-refractivity contribution in [3.05, 3.63) is 46.7 Å². The molecular formula is C14H15ClNOS. The third-order valence-corrected chi connectivity index (χ3v) is 3.73. The van der Waals surface area contributed by atoms with Gasteiger partial charge in [0.05, 0.1) is 0 Å². The van der Waals surface area contributed by atoms with Crippen molar-refractivity contribution in [1.82, 2.24) is 4.90 Å². The monoisotopic (exact) mass is 280 g/mol. The Morgan fingerprint density at radius 3 is 2.83 bits per heavy atom. The second-order valence-electron chi connectivity index (χ2n) is 4.10. The highest BCUT2D eigenvalue weighted by atomic mass is 35.5. The third-order valence-electron chi connectivity index (χ3n) is 2.96. The second kappa shape index (κ2) is 6.30. The minimum Gasteiger partial charge on any atom is -0.338 e. The molecule has 18 heavy (non-hydrogen) atoms. The highest BCUT2D eigenvalue weighted by Gasteiger charge is 2.18. The number of benzene rings is 1. The number of hydrogen-bond acceptors (Lipinski definition) is 2. The van der Waals surface area contributed by atoms with Gasteiger partial charge in [-0.1, -0.05) is 35.9 Å². The minimum atomic E-state index is 0.0944. The summed E-state index contributed by atoms with van der Waals surface area (Å²) in [7, 11) is 0. The average molecular weight is 281 g/mol. The molecule has 0 bridgehead atoms. The van der Waals surface area contributed by atoms with E-state index in [1.807, 2.05) is 35.4 Å². The Morgan fingerprint density at radius 2 is 2.22 bits per heavy atom. The van der Waals surface area contributed by atoms with Crippen molar-refractivity contribution in [2.45, 2.75) is 6.42 Å². The van der Waals surface area contributed by atoms with E-state index in [4.69, 9.17) is 11.6 Å². The zero-order chi connectivity index (χ0) is 13.0. The van der Waals surface area contributed by atoms with Crippen molar-refractivity contribution in [2.75, 3.05) is 19.3 Å². The van der Waals surface area contributed by atoms with E-state index in [-0.39, 0.29) is 5.91 Å². The molecule has 95 valence electrons. The van der Waals surface area contributed by atoms with E-state index in [1.54, 1.807) is 5.75 Å². The van der Waals surface area contributed by atoms with Crippen LogP contribution in [0.4, 0.5) is 0 Å². The van der Waals surface area contributed by atoms with Crippen LogP contribution in [-0.2, 0) is 4.79 Å². The molecule has 0 saturated heterocycles. The maximum Gasteiger partial charge on any atom is 0.237 e. The van der Waals surface area contributed by atoms with Crippen LogP contribution < -0.4 is 0 Å². The van der Waals surface area contributed by atoms with Gasteiger partial charge in [-0.15, -0.1) is 0 Å². The zero-order valence-electron chi connectivity index (χ0n) is 10.2. The van der Waals surface area contributed by atoms with E-state index in [1.165, 1.54) is 17.3 Å². The van der Waals surface area contributed by atoms with Crippen LogP contribution >= 0.6 is 23.4 Å². The fourth-order valence-corrected chi connectivity index (χ4v) is 2.62. The first-order chi connectivity index (χ1) is 8.72. The number of thioether (sulfide) groups is 1. The van der Waals surface area contributed by atoms with Crippen LogP contribution in [0, 0.1) is 5.75 Å². The topological polar surface area (TPSA) is 20.3 Å². The van der Waals surface area contributed by atoms with Gasteiger partial charge in [0.15, 0.2) is 0 Å². The number of hydrogen-bond donors (Lipinski definition) is 0. The van der Waals surface area contributed by atoms with Gasteiger partial charge in [-0.3, -0.25) is 4.79 Å². The van der Waals surface area contributed by atoms with Gasteiger partial charge >= 0.3 is 0 Å². The highest BCUT2D eigenvalue weighted by molar-refractivity contribution is 8.01. The largest absolute Gasteiger partial charge is 0.338 e. The fourth-order valence-electron chi connectivity index (χ4n) is 2.01. The number of carbonyl (C=O) groups is 1. The van der Waals surface area contributed by atoms with Gasteiger partial charge in [0, 0.05) is 18.1 Å². The molecule has 1 aliphatic rings. The minimum absolute atomic E-state index is 0.0944. The second-order valence-corrected chi connectivity index (χ2v) is 5.21. The van der Waals surface area contributed by atoms with Gasteiger partial charge in [-0.05, 0) is 29.9 Å². The van der Waals surface area contributed by atoms with Crippen LogP contribution in [-0.4, -0.2) is 30.2 Å². The van der Waals surface area contributed by atoms with Crippen molar-refractivity contribution in [1.29, 1.82) is 0 Å². The van der Waals surface area contributed by atoms with Crippen LogP contribution in [0.1, 0.15) is 12.0 Å². The maximum atomic E-state index is 11.7. The van der Waals surface area contributed by atoms with Gasteiger partial charge < -0.3 is 4.90 Å². The summed E-state index contributed by atoms with van der Waals surface area (Å²) >= 11 is 7.62. The summed E-state index contributed by atoms with van der Waals surface area (Å²) < 4.78 is 0. The predicted molar refractivity (Wildman–Crippen MR) is 78.4 cm³/mol. The van der Waals surface area contributed by atoms with E-state index < -0.39 is 0 Å². The quantitative estimate of drug-likeness (QED) is 0.845. The smallest absolute Gasteiger partial charge is 0.237 e. The lowest BCUT2D eigenvalue weighted by Crippen LogP contribution is -2.34. The first-order valence-corrected chi connectivity index (χ1v) is 7.48. The molecule has 0 aromatic heterocycles. The number of carbonyl (C=O) groups excluding carboxylic acids is 1.